The number of hydrogen-bond acceptors (Lipinski definition) is 6. The van der Waals surface area contributed by atoms with Crippen LogP contribution >= 0.6 is 0 Å². The van der Waals surface area contributed by atoms with Gasteiger partial charge in [-0.1, -0.05) is 12.5 Å². The summed E-state index contributed by atoms with van der Waals surface area (Å²) >= 11 is 0. The molecule has 29 heavy (non-hydrogen) atoms. The van der Waals surface area contributed by atoms with Crippen molar-refractivity contribution in [2.24, 2.45) is 0 Å². The average molecular weight is 402 g/mol. The van der Waals surface area contributed by atoms with Crippen molar-refractivity contribution >= 4 is 5.91 Å². The number of nitrogens with zero attached hydrogens (tertiary/aromatic N) is 2. The summed E-state index contributed by atoms with van der Waals surface area (Å²) in [6.45, 7) is 4.66. The molecular weight excluding hydrogens is 372 g/mol. The highest BCUT2D eigenvalue weighted by Crippen LogP contribution is 2.38. The Bertz CT molecular complexity index is 736. The number of rotatable bonds is 4. The molecule has 0 bridgehead atoms. The van der Waals surface area contributed by atoms with Gasteiger partial charge >= 0.3 is 0 Å². The van der Waals surface area contributed by atoms with Crippen LogP contribution in [0.2, 0.25) is 0 Å². The Morgan fingerprint density at radius 3 is 2.62 bits per heavy atom. The fourth-order valence-corrected chi connectivity index (χ4v) is 5.06. The molecule has 5 rings (SSSR count). The maximum absolute atomic E-state index is 13.3. The fraction of sp³-hybridized carbons (Fsp3) is 0.682. The molecule has 1 aromatic carbocycles. The van der Waals surface area contributed by atoms with Crippen LogP contribution in [0.1, 0.15) is 43.7 Å². The van der Waals surface area contributed by atoms with Crippen LogP contribution in [-0.4, -0.2) is 74.1 Å². The Hall–Kier alpha value is -1.83. The lowest BCUT2D eigenvalue weighted by atomic mass is 10.0. The average Bonchev–Trinajstić information content (AvgIpc) is 3.46. The first-order valence-electron chi connectivity index (χ1n) is 11.0. The minimum atomic E-state index is -0.185. The molecule has 7 heteroatoms. The van der Waals surface area contributed by atoms with Crippen LogP contribution in [0.15, 0.2) is 18.2 Å². The molecule has 1 amide bonds. The maximum atomic E-state index is 13.3. The van der Waals surface area contributed by atoms with Crippen LogP contribution < -0.4 is 9.47 Å². The number of likely N-dealkylation sites (tertiary alicyclic amines) is 2. The van der Waals surface area contributed by atoms with Crippen LogP contribution in [0.3, 0.4) is 0 Å². The van der Waals surface area contributed by atoms with Gasteiger partial charge in [0.05, 0.1) is 31.8 Å². The van der Waals surface area contributed by atoms with E-state index in [2.05, 4.69) is 17.0 Å². The number of hydrogen-bond donors (Lipinski definition) is 0. The van der Waals surface area contributed by atoms with Crippen LogP contribution in [0.4, 0.5) is 0 Å². The minimum absolute atomic E-state index is 0.112. The largest absolute Gasteiger partial charge is 0.486 e. The minimum Gasteiger partial charge on any atom is -0.486 e. The van der Waals surface area contributed by atoms with E-state index in [4.69, 9.17) is 18.9 Å². The summed E-state index contributed by atoms with van der Waals surface area (Å²) in [6.07, 6.45) is 5.16. The lowest BCUT2D eigenvalue weighted by molar-refractivity contribution is -0.140. The monoisotopic (exact) mass is 402 g/mol. The molecule has 0 aliphatic carbocycles. The van der Waals surface area contributed by atoms with Crippen molar-refractivity contribution in [2.75, 3.05) is 46.1 Å². The molecule has 3 fully saturated rings. The molecule has 1 aromatic rings. The third-order valence-corrected chi connectivity index (χ3v) is 6.49. The number of fused-ring (bicyclic) bond motifs is 1. The molecule has 4 heterocycles. The van der Waals surface area contributed by atoms with Gasteiger partial charge in [-0.25, -0.2) is 0 Å². The number of carbonyl (C=O) groups excluding carboxylic acids is 1. The Balaban J connectivity index is 1.28. The highest BCUT2D eigenvalue weighted by atomic mass is 16.7. The van der Waals surface area contributed by atoms with Gasteiger partial charge in [0, 0.05) is 6.54 Å². The summed E-state index contributed by atoms with van der Waals surface area (Å²) in [4.78, 5) is 17.6. The van der Waals surface area contributed by atoms with Gasteiger partial charge in [-0.05, 0) is 49.9 Å². The van der Waals surface area contributed by atoms with Crippen LogP contribution in [-0.2, 0) is 14.3 Å². The smallest absolute Gasteiger partial charge is 0.237 e. The van der Waals surface area contributed by atoms with E-state index in [0.29, 0.717) is 33.0 Å². The normalized spacial score (nSPS) is 28.1. The van der Waals surface area contributed by atoms with E-state index < -0.39 is 0 Å². The molecule has 0 N–H and O–H groups in total. The van der Waals surface area contributed by atoms with Gasteiger partial charge in [0.25, 0.3) is 0 Å². The van der Waals surface area contributed by atoms with Gasteiger partial charge in [-0.2, -0.15) is 0 Å². The molecule has 0 aromatic heterocycles. The molecule has 158 valence electrons. The summed E-state index contributed by atoms with van der Waals surface area (Å²) in [5, 5.41) is 0. The predicted octanol–water partition coefficient (Wildman–Crippen LogP) is 2.35. The Morgan fingerprint density at radius 1 is 0.931 bits per heavy atom. The van der Waals surface area contributed by atoms with Crippen molar-refractivity contribution in [3.05, 3.63) is 23.8 Å². The Morgan fingerprint density at radius 2 is 1.76 bits per heavy atom. The van der Waals surface area contributed by atoms with E-state index in [1.165, 1.54) is 6.42 Å². The second-order valence-electron chi connectivity index (χ2n) is 8.29. The molecule has 2 unspecified atom stereocenters. The molecule has 4 aliphatic heterocycles. The van der Waals surface area contributed by atoms with Gasteiger partial charge in [-0.3, -0.25) is 9.69 Å². The topological polar surface area (TPSA) is 60.5 Å². The number of ether oxygens (including phenoxy) is 4. The molecule has 3 saturated heterocycles. The second-order valence-corrected chi connectivity index (χ2v) is 8.29. The quantitative estimate of drug-likeness (QED) is 0.771. The third kappa shape index (κ3) is 3.96. The van der Waals surface area contributed by atoms with E-state index in [1.54, 1.807) is 0 Å². The molecule has 0 saturated carbocycles. The second kappa shape index (κ2) is 8.50. The van der Waals surface area contributed by atoms with Crippen molar-refractivity contribution in [1.82, 2.24) is 9.80 Å². The standard InChI is InChI=1S/C22H30N2O5/c25-21(15-23-8-2-1-4-18(23)22-28-12-13-29-22)24-9-3-5-17(24)16-6-7-19-20(14-16)27-11-10-26-19/h6-7,14,17-18,22H,1-5,8-13,15H2. The van der Waals surface area contributed by atoms with Gasteiger partial charge in [-0.15, -0.1) is 0 Å². The Labute approximate surface area is 171 Å². The first kappa shape index (κ1) is 19.2. The van der Waals surface area contributed by atoms with Crippen molar-refractivity contribution in [1.29, 1.82) is 0 Å². The third-order valence-electron chi connectivity index (χ3n) is 6.49. The zero-order valence-electron chi connectivity index (χ0n) is 16.9. The van der Waals surface area contributed by atoms with Crippen molar-refractivity contribution in [2.45, 2.75) is 50.5 Å². The summed E-state index contributed by atoms with van der Waals surface area (Å²) < 4.78 is 22.9. The Kier molecular flexibility index (Phi) is 5.61. The van der Waals surface area contributed by atoms with Crippen molar-refractivity contribution in [3.8, 4) is 11.5 Å². The highest BCUT2D eigenvalue weighted by molar-refractivity contribution is 5.79. The molecule has 0 spiro atoms. The van der Waals surface area contributed by atoms with Gasteiger partial charge in [0.15, 0.2) is 17.8 Å². The van der Waals surface area contributed by atoms with Crippen molar-refractivity contribution < 1.29 is 23.7 Å². The zero-order valence-corrected chi connectivity index (χ0v) is 16.9. The first-order valence-corrected chi connectivity index (χ1v) is 11.0. The summed E-state index contributed by atoms with van der Waals surface area (Å²) in [5.74, 6) is 1.79. The summed E-state index contributed by atoms with van der Waals surface area (Å²) in [7, 11) is 0. The first-order chi connectivity index (χ1) is 14.3. The van der Waals surface area contributed by atoms with Gasteiger partial charge in [0.1, 0.15) is 13.2 Å². The zero-order chi connectivity index (χ0) is 19.6. The lowest BCUT2D eigenvalue weighted by Gasteiger charge is -2.38. The van der Waals surface area contributed by atoms with E-state index in [1.807, 2.05) is 11.0 Å². The van der Waals surface area contributed by atoms with E-state index in [0.717, 1.165) is 55.8 Å². The molecule has 2 atom stereocenters. The fourth-order valence-electron chi connectivity index (χ4n) is 5.06. The van der Waals surface area contributed by atoms with Crippen LogP contribution in [0, 0.1) is 0 Å². The number of amides is 1. The molecule has 0 radical (unpaired) electrons. The SMILES string of the molecule is O=C(CN1CCCCC1C1OCCO1)N1CCCC1c1ccc2c(c1)OCCO2. The highest BCUT2D eigenvalue weighted by Gasteiger charge is 2.37. The van der Waals surface area contributed by atoms with Gasteiger partial charge < -0.3 is 23.8 Å². The van der Waals surface area contributed by atoms with Gasteiger partial charge in [0.2, 0.25) is 5.91 Å². The maximum Gasteiger partial charge on any atom is 0.237 e. The van der Waals surface area contributed by atoms with E-state index in [9.17, 15) is 4.79 Å². The van der Waals surface area contributed by atoms with E-state index >= 15 is 0 Å². The summed E-state index contributed by atoms with van der Waals surface area (Å²) in [5.41, 5.74) is 1.14. The molecular formula is C22H30N2O5. The van der Waals surface area contributed by atoms with Crippen LogP contribution in [0.5, 0.6) is 11.5 Å². The summed E-state index contributed by atoms with van der Waals surface area (Å²) in [6, 6.07) is 6.40. The number of benzene rings is 1. The lowest BCUT2D eigenvalue weighted by Crippen LogP contribution is -2.51. The predicted molar refractivity (Wildman–Crippen MR) is 106 cm³/mol. The number of piperidine rings is 1. The van der Waals surface area contributed by atoms with Crippen LogP contribution in [0.25, 0.3) is 0 Å². The number of carbonyl (C=O) groups is 1. The molecule has 4 aliphatic rings. The van der Waals surface area contributed by atoms with Crippen molar-refractivity contribution in [3.63, 3.8) is 0 Å². The van der Waals surface area contributed by atoms with E-state index in [-0.39, 0.29) is 24.3 Å². The molecule has 7 nitrogen and oxygen atoms in total.